The number of nitriles is 1. The Hall–Kier alpha value is -3.13. The Morgan fingerprint density at radius 2 is 1.69 bits per heavy atom. The summed E-state index contributed by atoms with van der Waals surface area (Å²) in [5.41, 5.74) is 2.02. The first-order chi connectivity index (χ1) is 12.7. The van der Waals surface area contributed by atoms with E-state index >= 15 is 0 Å². The van der Waals surface area contributed by atoms with Crippen LogP contribution in [-0.2, 0) is 16.0 Å². The quantitative estimate of drug-likeness (QED) is 0.868. The van der Waals surface area contributed by atoms with E-state index in [4.69, 9.17) is 5.26 Å². The normalized spacial score (nSPS) is 14.5. The van der Waals surface area contributed by atoms with Crippen LogP contribution < -0.4 is 5.32 Å². The molecule has 1 aliphatic heterocycles. The maximum atomic E-state index is 12.4. The smallest absolute Gasteiger partial charge is 0.313 e. The number of piperidine rings is 1. The third-order valence-corrected chi connectivity index (χ3v) is 4.76. The number of carbonyl (C=O) groups is 2. The number of anilines is 1. The second-order valence-corrected chi connectivity index (χ2v) is 6.54. The molecule has 1 aliphatic rings. The van der Waals surface area contributed by atoms with Gasteiger partial charge in [-0.05, 0) is 42.9 Å². The van der Waals surface area contributed by atoms with Gasteiger partial charge in [-0.1, -0.05) is 42.5 Å². The van der Waals surface area contributed by atoms with E-state index in [9.17, 15) is 9.59 Å². The number of hydrogen-bond donors (Lipinski definition) is 1. The Bertz CT molecular complexity index is 819. The molecule has 2 aromatic carbocycles. The van der Waals surface area contributed by atoms with E-state index in [1.807, 2.05) is 24.3 Å². The Kier molecular flexibility index (Phi) is 5.65. The summed E-state index contributed by atoms with van der Waals surface area (Å²) in [6.45, 7) is 1.17. The fourth-order valence-electron chi connectivity index (χ4n) is 3.30. The number of likely N-dealkylation sites (tertiary alicyclic amines) is 1. The lowest BCUT2D eigenvalue weighted by molar-refractivity contribution is -0.144. The van der Waals surface area contributed by atoms with E-state index in [-0.39, 0.29) is 0 Å². The number of nitrogens with zero attached hydrogens (tertiary/aromatic N) is 2. The van der Waals surface area contributed by atoms with Crippen LogP contribution in [0.25, 0.3) is 0 Å². The van der Waals surface area contributed by atoms with Crippen molar-refractivity contribution >= 4 is 17.5 Å². The monoisotopic (exact) mass is 347 g/mol. The molecule has 0 aromatic heterocycles. The molecule has 0 bridgehead atoms. The lowest BCUT2D eigenvalue weighted by Gasteiger charge is -2.31. The van der Waals surface area contributed by atoms with E-state index in [1.54, 1.807) is 29.2 Å². The molecule has 0 saturated carbocycles. The molecule has 0 aliphatic carbocycles. The van der Waals surface area contributed by atoms with Crippen LogP contribution in [0.2, 0.25) is 0 Å². The lowest BCUT2D eigenvalue weighted by Crippen LogP contribution is -2.44. The molecule has 0 radical (unpaired) electrons. The van der Waals surface area contributed by atoms with Crippen molar-refractivity contribution in [1.29, 1.82) is 5.26 Å². The van der Waals surface area contributed by atoms with Gasteiger partial charge in [0.1, 0.15) is 6.07 Å². The number of benzene rings is 2. The van der Waals surface area contributed by atoms with Crippen molar-refractivity contribution in [2.24, 2.45) is 5.92 Å². The summed E-state index contributed by atoms with van der Waals surface area (Å²) in [4.78, 5) is 26.2. The summed E-state index contributed by atoms with van der Waals surface area (Å²) in [5.74, 6) is -0.686. The molecule has 1 saturated heterocycles. The zero-order valence-electron chi connectivity index (χ0n) is 14.5. The molecule has 2 aromatic rings. The standard InChI is InChI=1S/C21H21N3O2/c22-15-18-8-4-5-9-19(18)23-20(25)21(26)24-12-10-17(11-13-24)14-16-6-2-1-3-7-16/h1-9,17H,10-14H2,(H,23,25). The molecule has 2 amide bonds. The number of para-hydroxylation sites is 1. The fourth-order valence-corrected chi connectivity index (χ4v) is 3.30. The van der Waals surface area contributed by atoms with E-state index in [1.165, 1.54) is 5.56 Å². The highest BCUT2D eigenvalue weighted by atomic mass is 16.2. The van der Waals surface area contributed by atoms with Crippen LogP contribution in [0.15, 0.2) is 54.6 Å². The molecular weight excluding hydrogens is 326 g/mol. The zero-order valence-corrected chi connectivity index (χ0v) is 14.5. The van der Waals surface area contributed by atoms with Gasteiger partial charge in [0.25, 0.3) is 0 Å². The minimum Gasteiger partial charge on any atom is -0.334 e. The molecule has 0 unspecified atom stereocenters. The SMILES string of the molecule is N#Cc1ccccc1NC(=O)C(=O)N1CCC(Cc2ccccc2)CC1. The van der Waals surface area contributed by atoms with Crippen LogP contribution in [-0.4, -0.2) is 29.8 Å². The molecule has 132 valence electrons. The summed E-state index contributed by atoms with van der Waals surface area (Å²) < 4.78 is 0. The minimum atomic E-state index is -0.686. The zero-order chi connectivity index (χ0) is 18.4. The van der Waals surface area contributed by atoms with Crippen molar-refractivity contribution in [3.05, 3.63) is 65.7 Å². The second-order valence-electron chi connectivity index (χ2n) is 6.54. The molecule has 0 atom stereocenters. The summed E-state index contributed by atoms with van der Waals surface area (Å²) in [5, 5.41) is 11.6. The fraction of sp³-hybridized carbons (Fsp3) is 0.286. The molecule has 5 nitrogen and oxygen atoms in total. The van der Waals surface area contributed by atoms with Crippen molar-refractivity contribution in [3.63, 3.8) is 0 Å². The maximum Gasteiger partial charge on any atom is 0.313 e. The van der Waals surface area contributed by atoms with E-state index in [2.05, 4.69) is 17.4 Å². The van der Waals surface area contributed by atoms with Crippen molar-refractivity contribution in [3.8, 4) is 6.07 Å². The third-order valence-electron chi connectivity index (χ3n) is 4.76. The highest BCUT2D eigenvalue weighted by Gasteiger charge is 2.27. The first-order valence-electron chi connectivity index (χ1n) is 8.80. The summed E-state index contributed by atoms with van der Waals surface area (Å²) in [6, 6.07) is 19.0. The lowest BCUT2D eigenvalue weighted by atomic mass is 9.90. The van der Waals surface area contributed by atoms with Gasteiger partial charge >= 0.3 is 11.8 Å². The van der Waals surface area contributed by atoms with Gasteiger partial charge in [0.05, 0.1) is 11.3 Å². The van der Waals surface area contributed by atoms with Crippen LogP contribution in [0.4, 0.5) is 5.69 Å². The van der Waals surface area contributed by atoms with Crippen molar-refractivity contribution in [2.45, 2.75) is 19.3 Å². The minimum absolute atomic E-state index is 0.343. The van der Waals surface area contributed by atoms with Crippen LogP contribution in [0.1, 0.15) is 24.0 Å². The van der Waals surface area contributed by atoms with Crippen molar-refractivity contribution in [2.75, 3.05) is 18.4 Å². The van der Waals surface area contributed by atoms with Crippen molar-refractivity contribution < 1.29 is 9.59 Å². The molecule has 26 heavy (non-hydrogen) atoms. The van der Waals surface area contributed by atoms with Gasteiger partial charge in [0.15, 0.2) is 0 Å². The Labute approximate surface area is 153 Å². The number of carbonyl (C=O) groups excluding carboxylic acids is 2. The summed E-state index contributed by atoms with van der Waals surface area (Å²) >= 11 is 0. The van der Waals surface area contributed by atoms with Crippen LogP contribution in [0.5, 0.6) is 0 Å². The van der Waals surface area contributed by atoms with Gasteiger partial charge in [-0.25, -0.2) is 0 Å². The highest BCUT2D eigenvalue weighted by Crippen LogP contribution is 2.22. The van der Waals surface area contributed by atoms with Gasteiger partial charge in [0, 0.05) is 13.1 Å². The molecule has 1 N–H and O–H groups in total. The van der Waals surface area contributed by atoms with Crippen LogP contribution in [0.3, 0.4) is 0 Å². The predicted molar refractivity (Wildman–Crippen MR) is 99.2 cm³/mol. The third kappa shape index (κ3) is 4.28. The first kappa shape index (κ1) is 17.7. The molecule has 5 heteroatoms. The highest BCUT2D eigenvalue weighted by molar-refractivity contribution is 6.39. The number of rotatable bonds is 3. The van der Waals surface area contributed by atoms with Gasteiger partial charge in [0.2, 0.25) is 0 Å². The average molecular weight is 347 g/mol. The van der Waals surface area contributed by atoms with Gasteiger partial charge < -0.3 is 10.2 Å². The van der Waals surface area contributed by atoms with E-state index in [0.717, 1.165) is 19.3 Å². The number of hydrogen-bond acceptors (Lipinski definition) is 3. The first-order valence-corrected chi connectivity index (χ1v) is 8.80. The molecule has 1 heterocycles. The number of amides is 2. The van der Waals surface area contributed by atoms with Gasteiger partial charge in [-0.3, -0.25) is 9.59 Å². The summed E-state index contributed by atoms with van der Waals surface area (Å²) in [6.07, 6.45) is 2.79. The second kappa shape index (κ2) is 8.30. The molecule has 0 spiro atoms. The van der Waals surface area contributed by atoms with Crippen LogP contribution >= 0.6 is 0 Å². The van der Waals surface area contributed by atoms with E-state index < -0.39 is 11.8 Å². The Morgan fingerprint density at radius 3 is 2.38 bits per heavy atom. The summed E-state index contributed by atoms with van der Waals surface area (Å²) in [7, 11) is 0. The Morgan fingerprint density at radius 1 is 1.04 bits per heavy atom. The molecule has 1 fully saturated rings. The molecular formula is C21H21N3O2. The molecule has 3 rings (SSSR count). The maximum absolute atomic E-state index is 12.4. The van der Waals surface area contributed by atoms with Crippen molar-refractivity contribution in [1.82, 2.24) is 4.90 Å². The van der Waals surface area contributed by atoms with Gasteiger partial charge in [-0.15, -0.1) is 0 Å². The Balaban J connectivity index is 1.53. The predicted octanol–water partition coefficient (Wildman–Crippen LogP) is 2.98. The van der Waals surface area contributed by atoms with E-state index in [0.29, 0.717) is 30.3 Å². The number of nitrogens with one attached hydrogen (secondary N) is 1. The van der Waals surface area contributed by atoms with Crippen LogP contribution in [0, 0.1) is 17.2 Å². The largest absolute Gasteiger partial charge is 0.334 e. The average Bonchev–Trinajstić information content (AvgIpc) is 2.69. The van der Waals surface area contributed by atoms with Gasteiger partial charge in [-0.2, -0.15) is 5.26 Å². The topological polar surface area (TPSA) is 73.2 Å².